The molecule has 0 spiro atoms. The second-order valence-electron chi connectivity index (χ2n) is 20.4. The maximum Gasteiger partial charge on any atom is 0.143 e. The minimum atomic E-state index is 0.849. The molecule has 0 atom stereocenters. The van der Waals surface area contributed by atoms with Crippen LogP contribution in [0.4, 0.5) is 51.2 Å². The molecule has 0 amide bonds. The lowest BCUT2D eigenvalue weighted by Gasteiger charge is -2.26. The van der Waals surface area contributed by atoms with Gasteiger partial charge in [-0.15, -0.1) is 0 Å². The molecule has 76 heavy (non-hydrogen) atoms. The van der Waals surface area contributed by atoms with E-state index < -0.39 is 0 Å². The van der Waals surface area contributed by atoms with Crippen molar-refractivity contribution in [3.63, 3.8) is 0 Å². The molecule has 0 N–H and O–H groups in total. The maximum atomic E-state index is 6.97. The summed E-state index contributed by atoms with van der Waals surface area (Å²) in [5.41, 5.74) is 25.6. The molecule has 0 aliphatic heterocycles. The molecule has 1 heterocycles. The van der Waals surface area contributed by atoms with Gasteiger partial charge in [0.2, 0.25) is 0 Å². The van der Waals surface area contributed by atoms with Crippen molar-refractivity contribution in [2.75, 3.05) is 14.7 Å². The summed E-state index contributed by atoms with van der Waals surface area (Å²) >= 11 is 0. The summed E-state index contributed by atoms with van der Waals surface area (Å²) in [5.74, 6) is 0. The van der Waals surface area contributed by atoms with E-state index in [-0.39, 0.29) is 0 Å². The van der Waals surface area contributed by atoms with Crippen LogP contribution < -0.4 is 14.7 Å². The summed E-state index contributed by atoms with van der Waals surface area (Å²) in [6, 6.07) is 90.6. The summed E-state index contributed by atoms with van der Waals surface area (Å²) in [7, 11) is 0. The Morgan fingerprint density at radius 3 is 0.789 bits per heavy atom. The Kier molecular flexibility index (Phi) is 12.6. The van der Waals surface area contributed by atoms with Crippen molar-refractivity contribution in [2.45, 2.75) is 41.5 Å². The Hall–Kier alpha value is -9.38. The molecule has 0 fully saturated rings. The van der Waals surface area contributed by atoms with Gasteiger partial charge in [0.05, 0.1) is 0 Å². The predicted octanol–water partition coefficient (Wildman–Crippen LogP) is 20.8. The van der Waals surface area contributed by atoms with Gasteiger partial charge in [-0.05, 0) is 203 Å². The molecule has 0 unspecified atom stereocenters. The minimum Gasteiger partial charge on any atom is -0.455 e. The van der Waals surface area contributed by atoms with Gasteiger partial charge in [0.25, 0.3) is 0 Å². The van der Waals surface area contributed by atoms with E-state index >= 15 is 0 Å². The smallest absolute Gasteiger partial charge is 0.143 e. The summed E-state index contributed by atoms with van der Waals surface area (Å²) in [6.45, 7) is 12.8. The van der Waals surface area contributed by atoms with Crippen LogP contribution in [0.25, 0.3) is 55.3 Å². The van der Waals surface area contributed by atoms with Gasteiger partial charge >= 0.3 is 0 Å². The highest BCUT2D eigenvalue weighted by Crippen LogP contribution is 2.44. The number of benzene rings is 11. The summed E-state index contributed by atoms with van der Waals surface area (Å²) in [6.07, 6.45) is 0. The number of furan rings is 1. The first-order chi connectivity index (χ1) is 37.1. The van der Waals surface area contributed by atoms with E-state index in [0.29, 0.717) is 0 Å². The molecule has 0 saturated heterocycles. The maximum absolute atomic E-state index is 6.97. The number of hydrogen-bond donors (Lipinski definition) is 0. The van der Waals surface area contributed by atoms with Gasteiger partial charge in [-0.25, -0.2) is 0 Å². The molecule has 0 aliphatic carbocycles. The number of fused-ring (bicyclic) bond motifs is 3. The Bertz CT molecular complexity index is 3830. The van der Waals surface area contributed by atoms with Gasteiger partial charge in [0.1, 0.15) is 11.2 Å². The van der Waals surface area contributed by atoms with E-state index in [1.165, 1.54) is 33.4 Å². The second kappa shape index (κ2) is 20.1. The van der Waals surface area contributed by atoms with Crippen LogP contribution in [0.2, 0.25) is 0 Å². The highest BCUT2D eigenvalue weighted by Gasteiger charge is 2.20. The van der Waals surface area contributed by atoms with Crippen LogP contribution in [0.15, 0.2) is 253 Å². The van der Waals surface area contributed by atoms with Gasteiger partial charge < -0.3 is 19.1 Å². The van der Waals surface area contributed by atoms with Gasteiger partial charge in [-0.2, -0.15) is 0 Å². The lowest BCUT2D eigenvalue weighted by molar-refractivity contribution is 0.670. The Labute approximate surface area is 447 Å². The summed E-state index contributed by atoms with van der Waals surface area (Å²) < 4.78 is 6.97. The molecule has 4 nitrogen and oxygen atoms in total. The molecular formula is C72H59N3O. The number of rotatable bonds is 12. The number of aryl methyl sites for hydroxylation is 6. The molecular weight excluding hydrogens is 923 g/mol. The SMILES string of the molecule is Cc1ccc(N(c2ccc(C)cc2)c2ccc(-c3ccc4oc5c(-c6ccc(N(c7ccc(C)cc7)c7ccc(C)cc7)cc6)cc(-c6ccc(N(c7ccc(C)cc7)c7ccc(C)cc7)cc6)cc5c4c3)cc2)cc1. The van der Waals surface area contributed by atoms with Gasteiger partial charge in [0.15, 0.2) is 0 Å². The molecule has 11 aromatic carbocycles. The molecule has 0 bridgehead atoms. The highest BCUT2D eigenvalue weighted by molar-refractivity contribution is 6.12. The molecule has 4 heteroatoms. The van der Waals surface area contributed by atoms with Crippen LogP contribution in [-0.4, -0.2) is 0 Å². The van der Waals surface area contributed by atoms with Crippen molar-refractivity contribution >= 4 is 73.1 Å². The van der Waals surface area contributed by atoms with Crippen molar-refractivity contribution in [1.29, 1.82) is 0 Å². The van der Waals surface area contributed by atoms with E-state index in [1.54, 1.807) is 0 Å². The number of nitrogens with zero attached hydrogens (tertiary/aromatic N) is 3. The molecule has 368 valence electrons. The first kappa shape index (κ1) is 47.6. The fraction of sp³-hybridized carbons (Fsp3) is 0.0833. The first-order valence-corrected chi connectivity index (χ1v) is 26.2. The third-order valence-electron chi connectivity index (χ3n) is 14.7. The third-order valence-corrected chi connectivity index (χ3v) is 14.7. The van der Waals surface area contributed by atoms with E-state index in [2.05, 4.69) is 305 Å². The lowest BCUT2D eigenvalue weighted by atomic mass is 9.94. The van der Waals surface area contributed by atoms with E-state index in [9.17, 15) is 0 Å². The van der Waals surface area contributed by atoms with Crippen LogP contribution in [-0.2, 0) is 0 Å². The monoisotopic (exact) mass is 981 g/mol. The van der Waals surface area contributed by atoms with Crippen molar-refractivity contribution in [1.82, 2.24) is 0 Å². The van der Waals surface area contributed by atoms with Crippen LogP contribution in [0, 0.1) is 41.5 Å². The number of hydrogen-bond acceptors (Lipinski definition) is 4. The quantitative estimate of drug-likeness (QED) is 0.122. The van der Waals surface area contributed by atoms with Gasteiger partial charge in [-0.1, -0.05) is 149 Å². The fourth-order valence-corrected chi connectivity index (χ4v) is 10.3. The molecule has 0 radical (unpaired) electrons. The molecule has 1 aromatic heterocycles. The highest BCUT2D eigenvalue weighted by atomic mass is 16.3. The summed E-state index contributed by atoms with van der Waals surface area (Å²) in [4.78, 5) is 6.97. The van der Waals surface area contributed by atoms with Crippen LogP contribution in [0.1, 0.15) is 33.4 Å². The van der Waals surface area contributed by atoms with Crippen LogP contribution in [0.3, 0.4) is 0 Å². The normalized spacial score (nSPS) is 11.3. The Morgan fingerprint density at radius 2 is 0.474 bits per heavy atom. The molecule has 0 aliphatic rings. The summed E-state index contributed by atoms with van der Waals surface area (Å²) in [5, 5.41) is 2.14. The van der Waals surface area contributed by atoms with Gasteiger partial charge in [-0.3, -0.25) is 0 Å². The molecule has 12 rings (SSSR count). The fourth-order valence-electron chi connectivity index (χ4n) is 10.3. The van der Waals surface area contributed by atoms with Crippen molar-refractivity contribution in [3.05, 3.63) is 282 Å². The van der Waals surface area contributed by atoms with Crippen molar-refractivity contribution in [2.24, 2.45) is 0 Å². The van der Waals surface area contributed by atoms with E-state index in [0.717, 1.165) is 107 Å². The Balaban J connectivity index is 0.966. The van der Waals surface area contributed by atoms with Crippen molar-refractivity contribution < 1.29 is 4.42 Å². The van der Waals surface area contributed by atoms with Gasteiger partial charge in [0, 0.05) is 67.5 Å². The van der Waals surface area contributed by atoms with Crippen LogP contribution >= 0.6 is 0 Å². The lowest BCUT2D eigenvalue weighted by Crippen LogP contribution is -2.09. The molecule has 12 aromatic rings. The van der Waals surface area contributed by atoms with E-state index in [4.69, 9.17) is 4.42 Å². The van der Waals surface area contributed by atoms with Crippen molar-refractivity contribution in [3.8, 4) is 33.4 Å². The topological polar surface area (TPSA) is 22.9 Å². The predicted molar refractivity (Wildman–Crippen MR) is 322 cm³/mol. The standard InChI is InChI=1S/C72H59N3O/c1-48-7-26-59(27-8-48)73(60-28-9-49(2)10-29-60)65-38-19-54(20-39-65)57-25-44-71-69(45-57)70-47-58(55-21-40-66(41-22-55)74(61-30-11-50(3)12-31-61)62-32-13-51(4)14-33-62)46-68(72(70)76-71)56-23-42-67(43-24-56)75(63-34-15-52(5)16-35-63)64-36-17-53(6)18-37-64/h7-47H,1-6H3. The zero-order valence-corrected chi connectivity index (χ0v) is 43.9. The van der Waals surface area contributed by atoms with E-state index in [1.807, 2.05) is 0 Å². The third kappa shape index (κ3) is 9.54. The average Bonchev–Trinajstić information content (AvgIpc) is 3.90. The minimum absolute atomic E-state index is 0.849. The largest absolute Gasteiger partial charge is 0.455 e. The second-order valence-corrected chi connectivity index (χ2v) is 20.4. The Morgan fingerprint density at radius 1 is 0.224 bits per heavy atom. The molecule has 0 saturated carbocycles. The number of anilines is 9. The van der Waals surface area contributed by atoms with Crippen LogP contribution in [0.5, 0.6) is 0 Å². The first-order valence-electron chi connectivity index (χ1n) is 26.2. The zero-order chi connectivity index (χ0) is 51.9. The average molecular weight is 982 g/mol. The zero-order valence-electron chi connectivity index (χ0n) is 43.9.